The first-order valence-electron chi connectivity index (χ1n) is 11.1. The van der Waals surface area contributed by atoms with Crippen LogP contribution in [0.15, 0.2) is 99.6 Å². The molecular weight excluding hydrogens is 402 g/mol. The molecular formula is C27H30NO2S+. The van der Waals surface area contributed by atoms with Crippen LogP contribution in [0.2, 0.25) is 0 Å². The van der Waals surface area contributed by atoms with E-state index in [2.05, 4.69) is 89.8 Å². The number of hydrogen-bond donors (Lipinski definition) is 0. The Bertz CT molecular complexity index is 898. The van der Waals surface area contributed by atoms with Crippen molar-refractivity contribution in [2.75, 3.05) is 26.2 Å². The van der Waals surface area contributed by atoms with Gasteiger partial charge in [0.25, 0.3) is 0 Å². The molecule has 0 amide bonds. The molecule has 0 atom stereocenters. The Morgan fingerprint density at radius 3 is 1.87 bits per heavy atom. The Labute approximate surface area is 188 Å². The number of rotatable bonds is 8. The van der Waals surface area contributed by atoms with E-state index in [1.54, 1.807) is 0 Å². The van der Waals surface area contributed by atoms with Crippen molar-refractivity contribution in [3.05, 3.63) is 90.5 Å². The van der Waals surface area contributed by atoms with Crippen molar-refractivity contribution in [1.82, 2.24) is 4.90 Å². The van der Waals surface area contributed by atoms with Crippen LogP contribution in [0, 0.1) is 0 Å². The van der Waals surface area contributed by atoms with E-state index in [1.165, 1.54) is 39.5 Å². The minimum Gasteiger partial charge on any atom is -0.464 e. The monoisotopic (exact) mass is 432 g/mol. The van der Waals surface area contributed by atoms with Gasteiger partial charge in [0.15, 0.2) is 14.7 Å². The number of ether oxygens (including phenoxy) is 1. The Hall–Kier alpha value is -2.56. The van der Waals surface area contributed by atoms with Gasteiger partial charge >= 0.3 is 5.97 Å². The molecule has 4 heteroatoms. The molecule has 1 fully saturated rings. The first-order valence-corrected chi connectivity index (χ1v) is 12.3. The van der Waals surface area contributed by atoms with Gasteiger partial charge in [-0.05, 0) is 67.9 Å². The highest BCUT2D eigenvalue weighted by Crippen LogP contribution is 2.31. The standard InChI is InChI=1S/C27H30NO2S/c29-27(22-28-19-8-3-9-20-28)30-21-18-23-14-16-26(17-15-23)31(24-10-4-1-5-11-24)25-12-6-2-7-13-25/h1-2,4-7,10-17H,3,8-9,18-22H2/q+1. The van der Waals surface area contributed by atoms with Crippen molar-refractivity contribution in [3.63, 3.8) is 0 Å². The largest absolute Gasteiger partial charge is 0.464 e. The van der Waals surface area contributed by atoms with E-state index >= 15 is 0 Å². The number of carbonyl (C=O) groups excluding carboxylic acids is 1. The highest BCUT2D eigenvalue weighted by molar-refractivity contribution is 7.97. The molecule has 4 rings (SSSR count). The first kappa shape index (κ1) is 21.7. The van der Waals surface area contributed by atoms with Crippen molar-refractivity contribution in [2.24, 2.45) is 0 Å². The van der Waals surface area contributed by atoms with Gasteiger partial charge in [-0.1, -0.05) is 55.0 Å². The zero-order valence-electron chi connectivity index (χ0n) is 17.9. The van der Waals surface area contributed by atoms with Crippen molar-refractivity contribution < 1.29 is 9.53 Å². The van der Waals surface area contributed by atoms with Crippen LogP contribution in [0.1, 0.15) is 24.8 Å². The molecule has 1 heterocycles. The fourth-order valence-corrected chi connectivity index (χ4v) is 6.03. The van der Waals surface area contributed by atoms with Gasteiger partial charge in [0, 0.05) is 6.42 Å². The van der Waals surface area contributed by atoms with Gasteiger partial charge in [0.05, 0.1) is 24.0 Å². The summed E-state index contributed by atoms with van der Waals surface area (Å²) < 4.78 is 5.49. The van der Waals surface area contributed by atoms with Crippen LogP contribution in [-0.2, 0) is 26.8 Å². The van der Waals surface area contributed by atoms with Gasteiger partial charge in [-0.25, -0.2) is 0 Å². The number of piperidine rings is 1. The molecule has 0 N–H and O–H groups in total. The summed E-state index contributed by atoms with van der Waals surface area (Å²) in [5.41, 5.74) is 1.19. The van der Waals surface area contributed by atoms with Gasteiger partial charge in [0.2, 0.25) is 0 Å². The molecule has 0 radical (unpaired) electrons. The number of benzene rings is 3. The molecule has 31 heavy (non-hydrogen) atoms. The molecule has 0 aromatic heterocycles. The molecule has 1 aliphatic heterocycles. The van der Waals surface area contributed by atoms with Crippen molar-refractivity contribution in [2.45, 2.75) is 40.4 Å². The molecule has 3 nitrogen and oxygen atoms in total. The maximum absolute atomic E-state index is 12.1. The number of likely N-dealkylation sites (tertiary alicyclic amines) is 1. The number of hydrogen-bond acceptors (Lipinski definition) is 3. The lowest BCUT2D eigenvalue weighted by Gasteiger charge is -2.25. The minimum atomic E-state index is -0.131. The molecule has 0 aliphatic carbocycles. The normalized spacial score (nSPS) is 14.5. The van der Waals surface area contributed by atoms with E-state index in [0.717, 1.165) is 19.5 Å². The summed E-state index contributed by atoms with van der Waals surface area (Å²) in [6.45, 7) is 2.90. The van der Waals surface area contributed by atoms with E-state index in [0.29, 0.717) is 13.2 Å². The van der Waals surface area contributed by atoms with Crippen LogP contribution in [-0.4, -0.2) is 37.1 Å². The molecule has 1 saturated heterocycles. The minimum absolute atomic E-state index is 0.103. The molecule has 0 bridgehead atoms. The van der Waals surface area contributed by atoms with Gasteiger partial charge < -0.3 is 4.74 Å². The van der Waals surface area contributed by atoms with E-state index < -0.39 is 0 Å². The fourth-order valence-electron chi connectivity index (χ4n) is 3.94. The van der Waals surface area contributed by atoms with Crippen molar-refractivity contribution in [1.29, 1.82) is 0 Å². The molecule has 1 aliphatic rings. The van der Waals surface area contributed by atoms with Crippen LogP contribution in [0.5, 0.6) is 0 Å². The second-order valence-electron chi connectivity index (χ2n) is 7.88. The maximum atomic E-state index is 12.1. The van der Waals surface area contributed by atoms with E-state index in [4.69, 9.17) is 4.74 Å². The fraction of sp³-hybridized carbons (Fsp3) is 0.296. The predicted molar refractivity (Wildman–Crippen MR) is 126 cm³/mol. The summed E-state index contributed by atoms with van der Waals surface area (Å²) >= 11 is 0. The van der Waals surface area contributed by atoms with E-state index in [1.807, 2.05) is 0 Å². The van der Waals surface area contributed by atoms with Crippen LogP contribution >= 0.6 is 0 Å². The predicted octanol–water partition coefficient (Wildman–Crippen LogP) is 5.35. The lowest BCUT2D eigenvalue weighted by molar-refractivity contribution is -0.145. The Balaban J connectivity index is 1.36. The van der Waals surface area contributed by atoms with Crippen LogP contribution in [0.25, 0.3) is 0 Å². The summed E-state index contributed by atoms with van der Waals surface area (Å²) in [5, 5.41) is 0. The second-order valence-corrected chi connectivity index (χ2v) is 9.91. The zero-order valence-corrected chi connectivity index (χ0v) is 18.7. The highest BCUT2D eigenvalue weighted by Gasteiger charge is 2.28. The van der Waals surface area contributed by atoms with Crippen LogP contribution in [0.3, 0.4) is 0 Å². The third kappa shape index (κ3) is 6.22. The third-order valence-electron chi connectivity index (χ3n) is 5.57. The van der Waals surface area contributed by atoms with Gasteiger partial charge in [-0.2, -0.15) is 0 Å². The van der Waals surface area contributed by atoms with Gasteiger partial charge in [-0.15, -0.1) is 0 Å². The SMILES string of the molecule is O=C(CN1CCCCC1)OCCc1ccc([S+](c2ccccc2)c2ccccc2)cc1. The molecule has 160 valence electrons. The second kappa shape index (κ2) is 11.2. The molecule has 3 aromatic carbocycles. The summed E-state index contributed by atoms with van der Waals surface area (Å²) in [5.74, 6) is -0.103. The molecule has 0 spiro atoms. The molecule has 0 unspecified atom stereocenters. The summed E-state index contributed by atoms with van der Waals surface area (Å²) in [4.78, 5) is 18.2. The molecule has 3 aromatic rings. The Kier molecular flexibility index (Phi) is 7.81. The van der Waals surface area contributed by atoms with Crippen LogP contribution in [0.4, 0.5) is 0 Å². The lowest BCUT2D eigenvalue weighted by atomic mass is 10.1. The van der Waals surface area contributed by atoms with Crippen molar-refractivity contribution >= 4 is 16.9 Å². The summed E-state index contributed by atoms with van der Waals surface area (Å²) in [6, 6.07) is 30.1. The Morgan fingerprint density at radius 2 is 1.29 bits per heavy atom. The summed E-state index contributed by atoms with van der Waals surface area (Å²) in [6.07, 6.45) is 4.40. The lowest BCUT2D eigenvalue weighted by Crippen LogP contribution is -2.35. The highest BCUT2D eigenvalue weighted by atomic mass is 32.2. The average Bonchev–Trinajstić information content (AvgIpc) is 2.82. The number of esters is 1. The number of carbonyl (C=O) groups is 1. The van der Waals surface area contributed by atoms with Gasteiger partial charge in [0.1, 0.15) is 0 Å². The first-order chi connectivity index (χ1) is 15.3. The average molecular weight is 433 g/mol. The van der Waals surface area contributed by atoms with E-state index in [9.17, 15) is 4.79 Å². The van der Waals surface area contributed by atoms with E-state index in [-0.39, 0.29) is 16.9 Å². The smallest absolute Gasteiger partial charge is 0.320 e. The third-order valence-corrected chi connectivity index (χ3v) is 7.80. The quantitative estimate of drug-likeness (QED) is 0.355. The van der Waals surface area contributed by atoms with Crippen LogP contribution < -0.4 is 0 Å². The molecule has 0 saturated carbocycles. The topological polar surface area (TPSA) is 29.5 Å². The maximum Gasteiger partial charge on any atom is 0.320 e. The Morgan fingerprint density at radius 1 is 0.742 bits per heavy atom. The van der Waals surface area contributed by atoms with Gasteiger partial charge in [-0.3, -0.25) is 9.69 Å². The van der Waals surface area contributed by atoms with Crippen molar-refractivity contribution in [3.8, 4) is 0 Å². The summed E-state index contributed by atoms with van der Waals surface area (Å²) in [7, 11) is -0.131. The zero-order chi connectivity index (χ0) is 21.3. The number of nitrogens with zero attached hydrogens (tertiary/aromatic N) is 1.